The Labute approximate surface area is 134 Å². The number of piperidine rings is 1. The molecule has 2 aliphatic rings. The van der Waals surface area contributed by atoms with E-state index in [0.717, 1.165) is 13.1 Å². The molecular weight excluding hydrogens is 276 g/mol. The highest BCUT2D eigenvalue weighted by Crippen LogP contribution is 2.20. The van der Waals surface area contributed by atoms with Crippen LogP contribution in [0.25, 0.3) is 0 Å². The van der Waals surface area contributed by atoms with Crippen LogP contribution in [0.5, 0.6) is 0 Å². The third-order valence-electron chi connectivity index (χ3n) is 4.95. The van der Waals surface area contributed by atoms with Gasteiger partial charge < -0.3 is 4.90 Å². The highest BCUT2D eigenvalue weighted by atomic mass is 16.2. The number of amides is 1. The zero-order valence-electron chi connectivity index (χ0n) is 14.1. The number of hydrogen-bond donors (Lipinski definition) is 0. The number of carbonyl (C=O) groups is 1. The normalized spacial score (nSPS) is 24.9. The Kier molecular flexibility index (Phi) is 6.66. The second kappa shape index (κ2) is 8.50. The van der Waals surface area contributed by atoms with E-state index < -0.39 is 0 Å². The quantitative estimate of drug-likeness (QED) is 0.747. The molecule has 5 nitrogen and oxygen atoms in total. The topological polar surface area (TPSA) is 50.6 Å². The standard InChI is InChI=1S/C17H30N4O/c1-3-20(12-15(2)11-18)17(22)14-19-8-6-7-16(13-19)21-9-4-5-10-21/h15-16H,3-10,12-14H2,1-2H3/t15-,16-/m1/s1. The molecule has 0 bridgehead atoms. The summed E-state index contributed by atoms with van der Waals surface area (Å²) in [6.07, 6.45) is 5.11. The SMILES string of the molecule is CCN(C[C@H](C)C#N)C(=O)CN1CCC[C@@H](N2CCCC2)C1. The lowest BCUT2D eigenvalue weighted by Crippen LogP contribution is -2.50. The van der Waals surface area contributed by atoms with Crippen molar-refractivity contribution in [3.63, 3.8) is 0 Å². The van der Waals surface area contributed by atoms with Gasteiger partial charge in [0.25, 0.3) is 0 Å². The summed E-state index contributed by atoms with van der Waals surface area (Å²) in [5.41, 5.74) is 0. The number of carbonyl (C=O) groups excluding carboxylic acids is 1. The zero-order valence-corrected chi connectivity index (χ0v) is 14.1. The van der Waals surface area contributed by atoms with Crippen LogP contribution in [0.1, 0.15) is 39.5 Å². The zero-order chi connectivity index (χ0) is 15.9. The van der Waals surface area contributed by atoms with Gasteiger partial charge in [-0.25, -0.2) is 0 Å². The van der Waals surface area contributed by atoms with Crippen LogP contribution in [0.3, 0.4) is 0 Å². The van der Waals surface area contributed by atoms with Gasteiger partial charge in [0.2, 0.25) is 5.91 Å². The summed E-state index contributed by atoms with van der Waals surface area (Å²) in [6.45, 7) is 10.1. The average Bonchev–Trinajstić information content (AvgIpc) is 3.06. The Bertz CT molecular complexity index is 400. The van der Waals surface area contributed by atoms with E-state index in [1.165, 1.54) is 38.8 Å². The van der Waals surface area contributed by atoms with Crippen LogP contribution in [0.4, 0.5) is 0 Å². The Morgan fingerprint density at radius 2 is 2.05 bits per heavy atom. The molecule has 124 valence electrons. The van der Waals surface area contributed by atoms with Crippen LogP contribution in [-0.2, 0) is 4.79 Å². The van der Waals surface area contributed by atoms with Crippen LogP contribution in [0, 0.1) is 17.2 Å². The smallest absolute Gasteiger partial charge is 0.236 e. The molecular formula is C17H30N4O. The lowest BCUT2D eigenvalue weighted by Gasteiger charge is -2.38. The first-order valence-corrected chi connectivity index (χ1v) is 8.77. The minimum absolute atomic E-state index is 0.0948. The first-order chi connectivity index (χ1) is 10.6. The third kappa shape index (κ3) is 4.69. The predicted molar refractivity (Wildman–Crippen MR) is 87.3 cm³/mol. The molecule has 2 saturated heterocycles. The number of nitriles is 1. The number of nitrogens with zero attached hydrogens (tertiary/aromatic N) is 4. The maximum absolute atomic E-state index is 12.5. The molecule has 0 radical (unpaired) electrons. The maximum Gasteiger partial charge on any atom is 0.236 e. The summed E-state index contributed by atoms with van der Waals surface area (Å²) in [5, 5.41) is 8.93. The molecule has 2 atom stereocenters. The van der Waals surface area contributed by atoms with Crippen molar-refractivity contribution in [3.8, 4) is 6.07 Å². The molecule has 2 fully saturated rings. The van der Waals surface area contributed by atoms with Crippen molar-refractivity contribution in [1.29, 1.82) is 5.26 Å². The first kappa shape index (κ1) is 17.2. The largest absolute Gasteiger partial charge is 0.341 e. The molecule has 1 amide bonds. The number of hydrogen-bond acceptors (Lipinski definition) is 4. The fourth-order valence-electron chi connectivity index (χ4n) is 3.65. The van der Waals surface area contributed by atoms with Gasteiger partial charge in [0.05, 0.1) is 18.5 Å². The Balaban J connectivity index is 1.83. The van der Waals surface area contributed by atoms with Gasteiger partial charge in [0.1, 0.15) is 0 Å². The van der Waals surface area contributed by atoms with E-state index in [1.54, 1.807) is 0 Å². The molecule has 0 aromatic rings. The molecule has 0 aromatic heterocycles. The van der Waals surface area contributed by atoms with Gasteiger partial charge in [-0.05, 0) is 59.2 Å². The van der Waals surface area contributed by atoms with Crippen LogP contribution < -0.4 is 0 Å². The van der Waals surface area contributed by atoms with Gasteiger partial charge in [-0.2, -0.15) is 5.26 Å². The van der Waals surface area contributed by atoms with E-state index in [4.69, 9.17) is 5.26 Å². The van der Waals surface area contributed by atoms with Crippen LogP contribution in [0.2, 0.25) is 0 Å². The molecule has 5 heteroatoms. The van der Waals surface area contributed by atoms with E-state index in [9.17, 15) is 4.79 Å². The number of rotatable bonds is 6. The van der Waals surface area contributed by atoms with Crippen molar-refractivity contribution in [2.24, 2.45) is 5.92 Å². The van der Waals surface area contributed by atoms with E-state index in [2.05, 4.69) is 15.9 Å². The molecule has 0 spiro atoms. The minimum atomic E-state index is -0.0948. The predicted octanol–water partition coefficient (Wildman–Crippen LogP) is 1.55. The first-order valence-electron chi connectivity index (χ1n) is 8.77. The van der Waals surface area contributed by atoms with Gasteiger partial charge in [0, 0.05) is 25.7 Å². The Morgan fingerprint density at radius 1 is 1.32 bits per heavy atom. The van der Waals surface area contributed by atoms with Crippen molar-refractivity contribution in [2.75, 3.05) is 45.8 Å². The highest BCUT2D eigenvalue weighted by molar-refractivity contribution is 5.78. The van der Waals surface area contributed by atoms with Crippen molar-refractivity contribution < 1.29 is 4.79 Å². The highest BCUT2D eigenvalue weighted by Gasteiger charge is 2.28. The molecule has 0 aromatic carbocycles. The molecule has 0 unspecified atom stereocenters. The van der Waals surface area contributed by atoms with Gasteiger partial charge in [-0.1, -0.05) is 0 Å². The van der Waals surface area contributed by atoms with Gasteiger partial charge in [-0.15, -0.1) is 0 Å². The molecule has 0 aliphatic carbocycles. The van der Waals surface area contributed by atoms with Crippen molar-refractivity contribution in [3.05, 3.63) is 0 Å². The number of likely N-dealkylation sites (N-methyl/N-ethyl adjacent to an activating group) is 1. The molecule has 0 N–H and O–H groups in total. The fraction of sp³-hybridized carbons (Fsp3) is 0.882. The lowest BCUT2D eigenvalue weighted by molar-refractivity contribution is -0.133. The van der Waals surface area contributed by atoms with Gasteiger partial charge in [0.15, 0.2) is 0 Å². The fourth-order valence-corrected chi connectivity index (χ4v) is 3.65. The summed E-state index contributed by atoms with van der Waals surface area (Å²) < 4.78 is 0. The van der Waals surface area contributed by atoms with E-state index in [1.807, 2.05) is 18.7 Å². The van der Waals surface area contributed by atoms with Crippen molar-refractivity contribution >= 4 is 5.91 Å². The summed E-state index contributed by atoms with van der Waals surface area (Å²) in [5.74, 6) is 0.0780. The molecule has 2 aliphatic heterocycles. The second-order valence-corrected chi connectivity index (χ2v) is 6.74. The van der Waals surface area contributed by atoms with Crippen molar-refractivity contribution in [1.82, 2.24) is 14.7 Å². The Morgan fingerprint density at radius 3 is 2.68 bits per heavy atom. The summed E-state index contributed by atoms with van der Waals surface area (Å²) in [4.78, 5) is 19.2. The van der Waals surface area contributed by atoms with Gasteiger partial charge in [-0.3, -0.25) is 14.6 Å². The summed E-state index contributed by atoms with van der Waals surface area (Å²) in [6, 6.07) is 2.85. The summed E-state index contributed by atoms with van der Waals surface area (Å²) >= 11 is 0. The minimum Gasteiger partial charge on any atom is -0.341 e. The van der Waals surface area contributed by atoms with Crippen LogP contribution >= 0.6 is 0 Å². The monoisotopic (exact) mass is 306 g/mol. The second-order valence-electron chi connectivity index (χ2n) is 6.74. The lowest BCUT2D eigenvalue weighted by atomic mass is 10.0. The number of likely N-dealkylation sites (tertiary alicyclic amines) is 2. The Hall–Kier alpha value is -1.12. The van der Waals surface area contributed by atoms with Crippen LogP contribution in [0.15, 0.2) is 0 Å². The molecule has 2 heterocycles. The average molecular weight is 306 g/mol. The van der Waals surface area contributed by atoms with Crippen LogP contribution in [-0.4, -0.2) is 72.5 Å². The van der Waals surface area contributed by atoms with Gasteiger partial charge >= 0.3 is 0 Å². The van der Waals surface area contributed by atoms with E-state index >= 15 is 0 Å². The van der Waals surface area contributed by atoms with E-state index in [0.29, 0.717) is 25.7 Å². The maximum atomic E-state index is 12.5. The summed E-state index contributed by atoms with van der Waals surface area (Å²) in [7, 11) is 0. The molecule has 22 heavy (non-hydrogen) atoms. The van der Waals surface area contributed by atoms with Crippen molar-refractivity contribution in [2.45, 2.75) is 45.6 Å². The molecule has 2 rings (SSSR count). The van der Waals surface area contributed by atoms with E-state index in [-0.39, 0.29) is 11.8 Å². The third-order valence-corrected chi connectivity index (χ3v) is 4.95. The molecule has 0 saturated carbocycles.